The number of hydrogen-bond donors (Lipinski definition) is 1. The average molecular weight is 506 g/mol. The van der Waals surface area contributed by atoms with E-state index in [1.807, 2.05) is 6.07 Å². The van der Waals surface area contributed by atoms with Crippen LogP contribution >= 0.6 is 24.0 Å². The number of piperidine rings is 1. The highest BCUT2D eigenvalue weighted by atomic mass is 127. The number of halogens is 1. The predicted octanol–water partition coefficient (Wildman–Crippen LogP) is 2.90. The Labute approximate surface area is 180 Å². The molecule has 27 heavy (non-hydrogen) atoms. The first-order chi connectivity index (χ1) is 12.6. The summed E-state index contributed by atoms with van der Waals surface area (Å²) in [7, 11) is -3.37. The molecule has 2 heterocycles. The third-order valence-electron chi connectivity index (χ3n) is 5.40. The van der Waals surface area contributed by atoms with E-state index < -0.39 is 10.0 Å². The molecule has 0 atom stereocenters. The highest BCUT2D eigenvalue weighted by Gasteiger charge is 2.29. The summed E-state index contributed by atoms with van der Waals surface area (Å²) in [6.07, 6.45) is 6.60. The zero-order valence-corrected chi connectivity index (χ0v) is 18.9. The predicted molar refractivity (Wildman–Crippen MR) is 120 cm³/mol. The van der Waals surface area contributed by atoms with Gasteiger partial charge in [0, 0.05) is 32.7 Å². The maximum Gasteiger partial charge on any atom is 0.243 e. The van der Waals surface area contributed by atoms with Gasteiger partial charge in [0.05, 0.1) is 4.90 Å². The molecular formula is C19H31IN4O2S. The van der Waals surface area contributed by atoms with Crippen LogP contribution in [0.25, 0.3) is 0 Å². The zero-order valence-electron chi connectivity index (χ0n) is 15.8. The van der Waals surface area contributed by atoms with Crippen LogP contribution in [0.2, 0.25) is 0 Å². The van der Waals surface area contributed by atoms with Crippen LogP contribution in [0.1, 0.15) is 38.5 Å². The van der Waals surface area contributed by atoms with Crippen LogP contribution in [0, 0.1) is 5.92 Å². The molecule has 0 saturated carbocycles. The molecule has 2 saturated heterocycles. The molecule has 0 unspecified atom stereocenters. The van der Waals surface area contributed by atoms with Crippen molar-refractivity contribution in [3.63, 3.8) is 0 Å². The number of guanidine groups is 1. The van der Waals surface area contributed by atoms with Gasteiger partial charge in [0.2, 0.25) is 10.0 Å². The molecule has 2 N–H and O–H groups in total. The van der Waals surface area contributed by atoms with E-state index in [9.17, 15) is 8.42 Å². The highest BCUT2D eigenvalue weighted by Crippen LogP contribution is 2.24. The van der Waals surface area contributed by atoms with E-state index in [2.05, 4.69) is 9.89 Å². The van der Waals surface area contributed by atoms with Gasteiger partial charge in [-0.1, -0.05) is 31.0 Å². The van der Waals surface area contributed by atoms with Gasteiger partial charge in [-0.25, -0.2) is 8.42 Å². The van der Waals surface area contributed by atoms with E-state index >= 15 is 0 Å². The number of rotatable bonds is 4. The molecule has 0 bridgehead atoms. The normalized spacial score (nSPS) is 20.7. The first kappa shape index (κ1) is 22.4. The highest BCUT2D eigenvalue weighted by molar-refractivity contribution is 14.0. The fraction of sp³-hybridized carbons (Fsp3) is 0.632. The van der Waals surface area contributed by atoms with E-state index in [0.29, 0.717) is 36.4 Å². The Hall–Kier alpha value is -0.870. The first-order valence-corrected chi connectivity index (χ1v) is 11.1. The fourth-order valence-corrected chi connectivity index (χ4v) is 5.19. The van der Waals surface area contributed by atoms with Gasteiger partial charge in [-0.05, 0) is 43.7 Å². The maximum absolute atomic E-state index is 12.7. The number of sulfonamides is 1. The van der Waals surface area contributed by atoms with Gasteiger partial charge in [-0.2, -0.15) is 4.31 Å². The molecule has 6 nitrogen and oxygen atoms in total. The number of benzene rings is 1. The second-order valence-electron chi connectivity index (χ2n) is 7.26. The molecular weight excluding hydrogens is 475 g/mol. The van der Waals surface area contributed by atoms with Crippen LogP contribution in [0.15, 0.2) is 40.2 Å². The largest absolute Gasteiger partial charge is 0.370 e. The Morgan fingerprint density at radius 2 is 1.59 bits per heavy atom. The number of nitrogens with two attached hydrogens (primary N) is 1. The van der Waals surface area contributed by atoms with E-state index in [0.717, 1.165) is 25.9 Å². The van der Waals surface area contributed by atoms with E-state index in [-0.39, 0.29) is 24.0 Å². The Morgan fingerprint density at radius 1 is 1.00 bits per heavy atom. The third-order valence-corrected chi connectivity index (χ3v) is 7.31. The summed E-state index contributed by atoms with van der Waals surface area (Å²) >= 11 is 0. The van der Waals surface area contributed by atoms with E-state index in [1.54, 1.807) is 28.6 Å². The van der Waals surface area contributed by atoms with Crippen molar-refractivity contribution in [3.05, 3.63) is 30.3 Å². The number of nitrogens with zero attached hydrogens (tertiary/aromatic N) is 3. The summed E-state index contributed by atoms with van der Waals surface area (Å²) in [5.41, 5.74) is 6.18. The summed E-state index contributed by atoms with van der Waals surface area (Å²) in [5.74, 6) is 1.06. The van der Waals surface area contributed by atoms with Crippen LogP contribution in [0.3, 0.4) is 0 Å². The molecule has 0 aliphatic carbocycles. The molecule has 1 aromatic carbocycles. The Bertz CT molecular complexity index is 696. The summed E-state index contributed by atoms with van der Waals surface area (Å²) in [6, 6.07) is 8.68. The maximum atomic E-state index is 12.7. The number of likely N-dealkylation sites (tertiary alicyclic amines) is 1. The molecule has 0 radical (unpaired) electrons. The second kappa shape index (κ2) is 10.6. The van der Waals surface area contributed by atoms with Gasteiger partial charge in [0.25, 0.3) is 0 Å². The molecule has 152 valence electrons. The number of hydrogen-bond acceptors (Lipinski definition) is 3. The summed E-state index contributed by atoms with van der Waals surface area (Å²) < 4.78 is 26.9. The standard InChI is InChI=1S/C19H30N4O2S.HI/c20-19(22-12-6-1-2-7-13-22)21-16-17-10-14-23(15-11-17)26(24,25)18-8-4-3-5-9-18;/h3-5,8-9,17H,1-2,6-7,10-16H2,(H2,20,21);1H. The van der Waals surface area contributed by atoms with Crippen LogP contribution < -0.4 is 5.73 Å². The summed E-state index contributed by atoms with van der Waals surface area (Å²) in [6.45, 7) is 3.82. The van der Waals surface area contributed by atoms with Crippen molar-refractivity contribution in [1.29, 1.82) is 0 Å². The third kappa shape index (κ3) is 6.05. The van der Waals surface area contributed by atoms with Crippen molar-refractivity contribution in [1.82, 2.24) is 9.21 Å². The molecule has 3 rings (SSSR count). The summed E-state index contributed by atoms with van der Waals surface area (Å²) in [5, 5.41) is 0. The van der Waals surface area contributed by atoms with Gasteiger partial charge in [0.15, 0.2) is 5.96 Å². The van der Waals surface area contributed by atoms with Gasteiger partial charge in [0.1, 0.15) is 0 Å². The lowest BCUT2D eigenvalue weighted by molar-refractivity contribution is 0.278. The fourth-order valence-electron chi connectivity index (χ4n) is 3.70. The van der Waals surface area contributed by atoms with Crippen LogP contribution in [0.4, 0.5) is 0 Å². The van der Waals surface area contributed by atoms with Crippen molar-refractivity contribution in [2.75, 3.05) is 32.7 Å². The SMILES string of the molecule is I.NC(=NCC1CCN(S(=O)(=O)c2ccccc2)CC1)N1CCCCCC1. The second-order valence-corrected chi connectivity index (χ2v) is 9.20. The smallest absolute Gasteiger partial charge is 0.243 e. The lowest BCUT2D eigenvalue weighted by Crippen LogP contribution is -2.40. The van der Waals surface area contributed by atoms with Crippen molar-refractivity contribution < 1.29 is 8.42 Å². The lowest BCUT2D eigenvalue weighted by atomic mass is 9.98. The molecule has 1 aromatic rings. The molecule has 2 aliphatic heterocycles. The number of aliphatic imine (C=N–C) groups is 1. The molecule has 0 amide bonds. The quantitative estimate of drug-likeness (QED) is 0.387. The van der Waals surface area contributed by atoms with Crippen LogP contribution in [0.5, 0.6) is 0 Å². The lowest BCUT2D eigenvalue weighted by Gasteiger charge is -2.30. The average Bonchev–Trinajstić information content (AvgIpc) is 2.97. The monoisotopic (exact) mass is 506 g/mol. The Morgan fingerprint density at radius 3 is 2.19 bits per heavy atom. The Balaban J connectivity index is 0.00000261. The molecule has 8 heteroatoms. The van der Waals surface area contributed by atoms with Crippen LogP contribution in [-0.4, -0.2) is 56.3 Å². The molecule has 0 aromatic heterocycles. The van der Waals surface area contributed by atoms with Crippen molar-refractivity contribution in [3.8, 4) is 0 Å². The zero-order chi connectivity index (χ0) is 18.4. The molecule has 0 spiro atoms. The minimum absolute atomic E-state index is 0. The van der Waals surface area contributed by atoms with Gasteiger partial charge >= 0.3 is 0 Å². The topological polar surface area (TPSA) is 79.0 Å². The summed E-state index contributed by atoms with van der Waals surface area (Å²) in [4.78, 5) is 7.18. The van der Waals surface area contributed by atoms with Crippen molar-refractivity contribution >= 4 is 40.0 Å². The molecule has 2 fully saturated rings. The van der Waals surface area contributed by atoms with Gasteiger partial charge < -0.3 is 10.6 Å². The van der Waals surface area contributed by atoms with E-state index in [1.165, 1.54) is 25.7 Å². The minimum atomic E-state index is -3.37. The van der Waals surface area contributed by atoms with Crippen LogP contribution in [-0.2, 0) is 10.0 Å². The first-order valence-electron chi connectivity index (χ1n) is 9.67. The van der Waals surface area contributed by atoms with Crippen molar-refractivity contribution in [2.24, 2.45) is 16.6 Å². The van der Waals surface area contributed by atoms with Crippen molar-refractivity contribution in [2.45, 2.75) is 43.4 Å². The Kier molecular flexibility index (Phi) is 8.81. The molecule has 2 aliphatic rings. The van der Waals surface area contributed by atoms with Gasteiger partial charge in [-0.3, -0.25) is 4.99 Å². The van der Waals surface area contributed by atoms with E-state index in [4.69, 9.17) is 5.73 Å². The minimum Gasteiger partial charge on any atom is -0.370 e. The van der Waals surface area contributed by atoms with Gasteiger partial charge in [-0.15, -0.1) is 24.0 Å².